The lowest BCUT2D eigenvalue weighted by Gasteiger charge is -2.24. The summed E-state index contributed by atoms with van der Waals surface area (Å²) < 4.78 is 5.07. The normalized spacial score (nSPS) is 19.8. The number of rotatable bonds is 9. The third kappa shape index (κ3) is 4.68. The van der Waals surface area contributed by atoms with Crippen LogP contribution in [0.15, 0.2) is 30.3 Å². The first-order valence-electron chi connectivity index (χ1n) is 11.4. The predicted octanol–water partition coefficient (Wildman–Crippen LogP) is 2.92. The van der Waals surface area contributed by atoms with E-state index >= 15 is 0 Å². The smallest absolute Gasteiger partial charge is 0.358 e. The van der Waals surface area contributed by atoms with Crippen LogP contribution in [0.1, 0.15) is 47.6 Å². The highest BCUT2D eigenvalue weighted by molar-refractivity contribution is 7.16. The first-order chi connectivity index (χ1) is 16.2. The fourth-order valence-corrected chi connectivity index (χ4v) is 5.06. The molecule has 0 bridgehead atoms. The van der Waals surface area contributed by atoms with Crippen LogP contribution >= 0.6 is 11.3 Å². The van der Waals surface area contributed by atoms with Gasteiger partial charge in [0.05, 0.1) is 6.61 Å². The number of hydrogen-bond donors (Lipinski definition) is 1. The number of ether oxygens (including phenoxy) is 1. The molecule has 34 heavy (non-hydrogen) atoms. The standard InChI is InChI=1S/C24H28N4O5S/c1-4-33-20(30)19-15(2)34-23(25-19)27(13-12-16-8-6-5-7-9-16)18(29)14-28-21(31)24(3,17-10-11-17)26-22(28)32/h5-9,17H,4,10-14H2,1-3H3,(H,26,32). The Morgan fingerprint density at radius 2 is 1.97 bits per heavy atom. The summed E-state index contributed by atoms with van der Waals surface area (Å²) in [6.07, 6.45) is 2.30. The second kappa shape index (κ2) is 9.54. The molecule has 9 nitrogen and oxygen atoms in total. The van der Waals surface area contributed by atoms with Crippen LogP contribution in [0.5, 0.6) is 0 Å². The summed E-state index contributed by atoms with van der Waals surface area (Å²) in [5.74, 6) is -1.26. The zero-order chi connectivity index (χ0) is 24.5. The number of aryl methyl sites for hydroxylation is 1. The summed E-state index contributed by atoms with van der Waals surface area (Å²) in [5.41, 5.74) is 0.229. The van der Waals surface area contributed by atoms with Crippen LogP contribution in [0.25, 0.3) is 0 Å². The molecule has 4 amide bonds. The molecule has 4 rings (SSSR count). The summed E-state index contributed by atoms with van der Waals surface area (Å²) in [4.78, 5) is 58.7. The molecule has 2 fully saturated rings. The number of carbonyl (C=O) groups is 4. The van der Waals surface area contributed by atoms with Gasteiger partial charge in [0.25, 0.3) is 5.91 Å². The Labute approximate surface area is 202 Å². The van der Waals surface area contributed by atoms with Crippen molar-refractivity contribution in [3.63, 3.8) is 0 Å². The summed E-state index contributed by atoms with van der Waals surface area (Å²) in [6, 6.07) is 9.10. The molecule has 0 spiro atoms. The quantitative estimate of drug-likeness (QED) is 0.433. The predicted molar refractivity (Wildman–Crippen MR) is 127 cm³/mol. The lowest BCUT2D eigenvalue weighted by Crippen LogP contribution is -2.47. The summed E-state index contributed by atoms with van der Waals surface area (Å²) in [7, 11) is 0. The van der Waals surface area contributed by atoms with Gasteiger partial charge in [-0.1, -0.05) is 30.3 Å². The van der Waals surface area contributed by atoms with Crippen LogP contribution in [0, 0.1) is 12.8 Å². The SMILES string of the molecule is CCOC(=O)c1nc(N(CCc2ccccc2)C(=O)CN2C(=O)NC(C)(C3CC3)C2=O)sc1C. The number of thiazole rings is 1. The number of nitrogens with one attached hydrogen (secondary N) is 1. The Morgan fingerprint density at radius 1 is 1.26 bits per heavy atom. The molecule has 10 heteroatoms. The number of benzene rings is 1. The Balaban J connectivity index is 1.57. The molecule has 1 unspecified atom stereocenters. The minimum atomic E-state index is -0.957. The highest BCUT2D eigenvalue weighted by Gasteiger charge is 2.56. The van der Waals surface area contributed by atoms with Gasteiger partial charge >= 0.3 is 12.0 Å². The van der Waals surface area contributed by atoms with Crippen molar-refractivity contribution < 1.29 is 23.9 Å². The van der Waals surface area contributed by atoms with E-state index < -0.39 is 30.0 Å². The van der Waals surface area contributed by atoms with E-state index in [1.165, 1.54) is 16.2 Å². The Hall–Kier alpha value is -3.27. The number of amides is 4. The van der Waals surface area contributed by atoms with Gasteiger partial charge in [0.2, 0.25) is 5.91 Å². The van der Waals surface area contributed by atoms with Crippen molar-refractivity contribution in [2.24, 2.45) is 5.92 Å². The van der Waals surface area contributed by atoms with Gasteiger partial charge in [-0.3, -0.25) is 19.4 Å². The molecule has 1 atom stereocenters. The molecule has 1 saturated heterocycles. The van der Waals surface area contributed by atoms with E-state index in [1.54, 1.807) is 20.8 Å². The van der Waals surface area contributed by atoms with Crippen LogP contribution in [-0.4, -0.2) is 58.9 Å². The number of esters is 1. The van der Waals surface area contributed by atoms with E-state index in [4.69, 9.17) is 4.74 Å². The van der Waals surface area contributed by atoms with Crippen LogP contribution in [0.2, 0.25) is 0 Å². The number of hydrogen-bond acceptors (Lipinski definition) is 7. The highest BCUT2D eigenvalue weighted by atomic mass is 32.1. The Bertz CT molecular complexity index is 1110. The van der Waals surface area contributed by atoms with Gasteiger partial charge in [-0.25, -0.2) is 14.6 Å². The summed E-state index contributed by atoms with van der Waals surface area (Å²) in [6.45, 7) is 5.28. The average Bonchev–Trinajstić information content (AvgIpc) is 3.57. The number of imide groups is 1. The monoisotopic (exact) mass is 484 g/mol. The molecule has 1 aliphatic heterocycles. The average molecular weight is 485 g/mol. The maximum absolute atomic E-state index is 13.4. The highest BCUT2D eigenvalue weighted by Crippen LogP contribution is 2.42. The van der Waals surface area contributed by atoms with Crippen molar-refractivity contribution in [2.45, 2.75) is 45.6 Å². The van der Waals surface area contributed by atoms with E-state index in [0.29, 0.717) is 16.4 Å². The summed E-state index contributed by atoms with van der Waals surface area (Å²) >= 11 is 1.20. The van der Waals surface area contributed by atoms with Gasteiger partial charge < -0.3 is 10.1 Å². The van der Waals surface area contributed by atoms with Gasteiger partial charge in [-0.15, -0.1) is 11.3 Å². The molecule has 1 aromatic carbocycles. The van der Waals surface area contributed by atoms with Crippen molar-refractivity contribution >= 4 is 40.3 Å². The zero-order valence-corrected chi connectivity index (χ0v) is 20.3. The maximum atomic E-state index is 13.4. The molecule has 1 N–H and O–H groups in total. The van der Waals surface area contributed by atoms with Crippen molar-refractivity contribution in [2.75, 3.05) is 24.6 Å². The molecule has 2 aromatic rings. The van der Waals surface area contributed by atoms with Crippen molar-refractivity contribution in [3.8, 4) is 0 Å². The largest absolute Gasteiger partial charge is 0.461 e. The molecule has 1 aromatic heterocycles. The molecule has 1 saturated carbocycles. The molecule has 2 aliphatic rings. The number of anilines is 1. The second-order valence-electron chi connectivity index (χ2n) is 8.70. The molecule has 0 radical (unpaired) electrons. The Kier molecular flexibility index (Phi) is 6.70. The third-order valence-electron chi connectivity index (χ3n) is 6.24. The molecule has 180 valence electrons. The van der Waals surface area contributed by atoms with E-state index in [1.807, 2.05) is 30.3 Å². The minimum absolute atomic E-state index is 0.104. The van der Waals surface area contributed by atoms with Crippen LogP contribution in [-0.2, 0) is 20.7 Å². The van der Waals surface area contributed by atoms with Crippen LogP contribution < -0.4 is 10.2 Å². The summed E-state index contributed by atoms with van der Waals surface area (Å²) in [5, 5.41) is 3.10. The van der Waals surface area contributed by atoms with Crippen molar-refractivity contribution in [1.82, 2.24) is 15.2 Å². The first-order valence-corrected chi connectivity index (χ1v) is 12.2. The number of aromatic nitrogens is 1. The number of nitrogens with zero attached hydrogens (tertiary/aromatic N) is 3. The molecular weight excluding hydrogens is 456 g/mol. The van der Waals surface area contributed by atoms with E-state index in [0.717, 1.165) is 23.3 Å². The van der Waals surface area contributed by atoms with E-state index in [-0.39, 0.29) is 30.7 Å². The fraction of sp³-hybridized carbons (Fsp3) is 0.458. The first kappa shape index (κ1) is 23.9. The number of carbonyl (C=O) groups excluding carboxylic acids is 4. The third-order valence-corrected chi connectivity index (χ3v) is 7.24. The molecule has 2 heterocycles. The minimum Gasteiger partial charge on any atom is -0.461 e. The van der Waals surface area contributed by atoms with Gasteiger partial charge in [0.15, 0.2) is 10.8 Å². The zero-order valence-electron chi connectivity index (χ0n) is 19.5. The van der Waals surface area contributed by atoms with E-state index in [2.05, 4.69) is 10.3 Å². The van der Waals surface area contributed by atoms with E-state index in [9.17, 15) is 19.2 Å². The fourth-order valence-electron chi connectivity index (χ4n) is 4.12. The van der Waals surface area contributed by atoms with Crippen LogP contribution in [0.4, 0.5) is 9.93 Å². The topological polar surface area (TPSA) is 109 Å². The van der Waals surface area contributed by atoms with Gasteiger partial charge in [0, 0.05) is 11.4 Å². The number of urea groups is 1. The van der Waals surface area contributed by atoms with Gasteiger partial charge in [0.1, 0.15) is 12.1 Å². The maximum Gasteiger partial charge on any atom is 0.358 e. The van der Waals surface area contributed by atoms with Gasteiger partial charge in [-0.05, 0) is 51.5 Å². The lowest BCUT2D eigenvalue weighted by atomic mass is 9.96. The molecule has 1 aliphatic carbocycles. The van der Waals surface area contributed by atoms with Gasteiger partial charge in [-0.2, -0.15) is 0 Å². The van der Waals surface area contributed by atoms with Crippen molar-refractivity contribution in [3.05, 3.63) is 46.5 Å². The molecular formula is C24H28N4O5S. The van der Waals surface area contributed by atoms with Crippen LogP contribution in [0.3, 0.4) is 0 Å². The van der Waals surface area contributed by atoms with Crippen molar-refractivity contribution in [1.29, 1.82) is 0 Å². The Morgan fingerprint density at radius 3 is 2.62 bits per heavy atom. The lowest BCUT2D eigenvalue weighted by molar-refractivity contribution is -0.134. The second-order valence-corrected chi connectivity index (χ2v) is 9.88.